The first kappa shape index (κ1) is 25.7. The number of hydrogen-bond donors (Lipinski definition) is 0. The van der Waals surface area contributed by atoms with Gasteiger partial charge in [-0.15, -0.1) is 11.3 Å². The molecule has 1 fully saturated rings. The molecular formula is C30H24BrClO4S. The normalized spacial score (nSPS) is 13.7. The summed E-state index contributed by atoms with van der Waals surface area (Å²) < 4.78 is 11.5. The zero-order valence-corrected chi connectivity index (χ0v) is 23.3. The zero-order chi connectivity index (χ0) is 26.0. The highest BCUT2D eigenvalue weighted by molar-refractivity contribution is 9.11. The lowest BCUT2D eigenvalue weighted by molar-refractivity contribution is -0.146. The third kappa shape index (κ3) is 5.24. The van der Waals surface area contributed by atoms with Crippen molar-refractivity contribution in [2.75, 3.05) is 6.61 Å². The lowest BCUT2D eigenvalue weighted by Gasteiger charge is -2.14. The van der Waals surface area contributed by atoms with E-state index in [4.69, 9.17) is 21.1 Å². The van der Waals surface area contributed by atoms with Gasteiger partial charge in [0.2, 0.25) is 0 Å². The van der Waals surface area contributed by atoms with Gasteiger partial charge in [-0.3, -0.25) is 4.79 Å². The van der Waals surface area contributed by atoms with Crippen LogP contribution in [0.3, 0.4) is 0 Å². The van der Waals surface area contributed by atoms with Gasteiger partial charge in [0.05, 0.1) is 31.3 Å². The second kappa shape index (κ2) is 10.8. The summed E-state index contributed by atoms with van der Waals surface area (Å²) >= 11 is 11.4. The first-order chi connectivity index (χ1) is 17.9. The van der Waals surface area contributed by atoms with Crippen molar-refractivity contribution in [1.29, 1.82) is 0 Å². The minimum atomic E-state index is -0.476. The molecule has 7 heteroatoms. The minimum Gasteiger partial charge on any atom is -0.465 e. The quantitative estimate of drug-likeness (QED) is 0.192. The number of ether oxygens (including phenoxy) is 2. The molecule has 1 aliphatic rings. The Morgan fingerprint density at radius 1 is 0.892 bits per heavy atom. The minimum absolute atomic E-state index is 0.133. The van der Waals surface area contributed by atoms with Crippen molar-refractivity contribution in [3.8, 4) is 21.6 Å². The van der Waals surface area contributed by atoms with E-state index in [9.17, 15) is 9.59 Å². The summed E-state index contributed by atoms with van der Waals surface area (Å²) in [6.45, 7) is 2.40. The SMILES string of the molecule is CCOC(=O)C1(c2ccc(-c3ccc(-c4sc(Br)c(Cl)c4C(=O)OCc4ccccc4)cc3)cc2)CC1. The van der Waals surface area contributed by atoms with Gasteiger partial charge in [0, 0.05) is 0 Å². The Balaban J connectivity index is 1.35. The molecule has 4 nitrogen and oxygen atoms in total. The molecule has 0 atom stereocenters. The second-order valence-corrected chi connectivity index (χ2v) is 11.6. The molecule has 1 aromatic heterocycles. The topological polar surface area (TPSA) is 52.6 Å². The Morgan fingerprint density at radius 3 is 2.08 bits per heavy atom. The van der Waals surface area contributed by atoms with E-state index >= 15 is 0 Å². The van der Waals surface area contributed by atoms with Gasteiger partial charge in [-0.1, -0.05) is 90.5 Å². The van der Waals surface area contributed by atoms with Gasteiger partial charge >= 0.3 is 11.9 Å². The van der Waals surface area contributed by atoms with Gasteiger partial charge in [-0.05, 0) is 63.5 Å². The van der Waals surface area contributed by atoms with Crippen LogP contribution in [0.15, 0.2) is 82.6 Å². The molecule has 0 radical (unpaired) electrons. The molecule has 4 aromatic rings. The van der Waals surface area contributed by atoms with Crippen LogP contribution in [0.1, 0.15) is 41.3 Å². The number of halogens is 2. The van der Waals surface area contributed by atoms with Crippen LogP contribution < -0.4 is 0 Å². The van der Waals surface area contributed by atoms with E-state index in [2.05, 4.69) is 15.9 Å². The zero-order valence-electron chi connectivity index (χ0n) is 20.1. The van der Waals surface area contributed by atoms with Crippen molar-refractivity contribution in [1.82, 2.24) is 0 Å². The Hall–Kier alpha value is -2.93. The van der Waals surface area contributed by atoms with Crippen molar-refractivity contribution < 1.29 is 19.1 Å². The van der Waals surface area contributed by atoms with Crippen LogP contribution in [-0.2, 0) is 26.3 Å². The van der Waals surface area contributed by atoms with Crippen LogP contribution in [0.5, 0.6) is 0 Å². The third-order valence-corrected chi connectivity index (χ3v) is 9.19. The molecule has 37 heavy (non-hydrogen) atoms. The average Bonchev–Trinajstić information content (AvgIpc) is 3.69. The van der Waals surface area contributed by atoms with Crippen LogP contribution in [0.25, 0.3) is 21.6 Å². The van der Waals surface area contributed by atoms with Crippen molar-refractivity contribution in [3.63, 3.8) is 0 Å². The maximum Gasteiger partial charge on any atom is 0.341 e. The summed E-state index contributed by atoms with van der Waals surface area (Å²) in [6, 6.07) is 25.6. The largest absolute Gasteiger partial charge is 0.465 e. The summed E-state index contributed by atoms with van der Waals surface area (Å²) in [7, 11) is 0. The monoisotopic (exact) mass is 594 g/mol. The Bertz CT molecular complexity index is 1430. The first-order valence-electron chi connectivity index (χ1n) is 12.0. The highest BCUT2D eigenvalue weighted by Crippen LogP contribution is 2.49. The van der Waals surface area contributed by atoms with Crippen LogP contribution in [0.4, 0.5) is 0 Å². The Kier molecular flexibility index (Phi) is 7.52. The fourth-order valence-corrected chi connectivity index (χ4v) is 6.30. The Labute approximate surface area is 233 Å². The number of thiophene rings is 1. The van der Waals surface area contributed by atoms with Crippen LogP contribution in [0, 0.1) is 0 Å². The van der Waals surface area contributed by atoms with Gasteiger partial charge in [0.15, 0.2) is 0 Å². The molecule has 0 bridgehead atoms. The molecule has 1 heterocycles. The molecular weight excluding hydrogens is 572 g/mol. The van der Waals surface area contributed by atoms with Gasteiger partial charge in [0.25, 0.3) is 0 Å². The lowest BCUT2D eigenvalue weighted by Crippen LogP contribution is -2.23. The predicted octanol–water partition coefficient (Wildman–Crippen LogP) is 8.45. The molecule has 0 N–H and O–H groups in total. The number of hydrogen-bond acceptors (Lipinski definition) is 5. The highest BCUT2D eigenvalue weighted by Gasteiger charge is 2.52. The van der Waals surface area contributed by atoms with Crippen LogP contribution >= 0.6 is 38.9 Å². The fraction of sp³-hybridized carbons (Fsp3) is 0.200. The summed E-state index contributed by atoms with van der Waals surface area (Å²) in [5.74, 6) is -0.591. The van der Waals surface area contributed by atoms with Crippen molar-refractivity contribution >= 4 is 50.8 Å². The summed E-state index contributed by atoms with van der Waals surface area (Å²) in [5.41, 5.74) is 4.75. The number of esters is 2. The molecule has 0 unspecified atom stereocenters. The fourth-order valence-electron chi connectivity index (χ4n) is 4.36. The average molecular weight is 596 g/mol. The maximum atomic E-state index is 13.0. The highest BCUT2D eigenvalue weighted by atomic mass is 79.9. The van der Waals surface area contributed by atoms with Crippen LogP contribution in [0.2, 0.25) is 5.02 Å². The third-order valence-electron chi connectivity index (χ3n) is 6.56. The molecule has 0 spiro atoms. The number of carbonyl (C=O) groups is 2. The van der Waals surface area contributed by atoms with E-state index in [0.717, 1.165) is 45.5 Å². The van der Waals surface area contributed by atoms with E-state index in [1.165, 1.54) is 11.3 Å². The molecule has 188 valence electrons. The number of benzene rings is 3. The van der Waals surface area contributed by atoms with Crippen molar-refractivity contribution in [3.05, 3.63) is 104 Å². The lowest BCUT2D eigenvalue weighted by atomic mass is 9.93. The molecule has 0 aliphatic heterocycles. The summed E-state index contributed by atoms with van der Waals surface area (Å²) in [4.78, 5) is 26.1. The first-order valence-corrected chi connectivity index (χ1v) is 14.0. The van der Waals surface area contributed by atoms with Gasteiger partial charge in [0.1, 0.15) is 6.61 Å². The molecule has 0 saturated heterocycles. The standard InChI is InChI=1S/C30H24BrClO4S/c1-2-35-29(34)30(16-17-30)23-14-12-21(13-15-23)20-8-10-22(11-9-20)26-24(25(32)27(31)37-26)28(33)36-18-19-6-4-3-5-7-19/h3-15H,2,16-18H2,1H3. The van der Waals surface area contributed by atoms with E-state index in [1.807, 2.05) is 85.8 Å². The molecule has 3 aromatic carbocycles. The van der Waals surface area contributed by atoms with E-state index in [0.29, 0.717) is 21.0 Å². The molecule has 5 rings (SSSR count). The maximum absolute atomic E-state index is 13.0. The van der Waals surface area contributed by atoms with E-state index in [-0.39, 0.29) is 12.6 Å². The summed E-state index contributed by atoms with van der Waals surface area (Å²) in [6.07, 6.45) is 1.66. The summed E-state index contributed by atoms with van der Waals surface area (Å²) in [5, 5.41) is 0.355. The Morgan fingerprint density at radius 2 is 1.49 bits per heavy atom. The van der Waals surface area contributed by atoms with E-state index in [1.54, 1.807) is 0 Å². The number of carbonyl (C=O) groups excluding carboxylic acids is 2. The van der Waals surface area contributed by atoms with Gasteiger partial charge < -0.3 is 9.47 Å². The van der Waals surface area contributed by atoms with Crippen molar-refractivity contribution in [2.45, 2.75) is 31.8 Å². The predicted molar refractivity (Wildman–Crippen MR) is 151 cm³/mol. The van der Waals surface area contributed by atoms with E-state index < -0.39 is 11.4 Å². The molecule has 0 amide bonds. The van der Waals surface area contributed by atoms with Gasteiger partial charge in [-0.2, -0.15) is 0 Å². The molecule has 1 aliphatic carbocycles. The smallest absolute Gasteiger partial charge is 0.341 e. The second-order valence-electron chi connectivity index (χ2n) is 8.91. The van der Waals surface area contributed by atoms with Crippen LogP contribution in [-0.4, -0.2) is 18.5 Å². The van der Waals surface area contributed by atoms with Crippen molar-refractivity contribution in [2.24, 2.45) is 0 Å². The van der Waals surface area contributed by atoms with Gasteiger partial charge in [-0.25, -0.2) is 4.79 Å². The molecule has 1 saturated carbocycles. The number of rotatable bonds is 8.